The number of pyridine rings is 1. The van der Waals surface area contributed by atoms with Gasteiger partial charge < -0.3 is 20.3 Å². The smallest absolute Gasteiger partial charge is 0.265 e. The Morgan fingerprint density at radius 3 is 2.56 bits per heavy atom. The van der Waals surface area contributed by atoms with Gasteiger partial charge in [0.1, 0.15) is 10.6 Å². The molecule has 3 aromatic rings. The topological polar surface area (TPSA) is 101 Å². The zero-order chi connectivity index (χ0) is 23.8. The number of hydrogen-bond acceptors (Lipinski definition) is 6. The fraction of sp³-hybridized carbons (Fsp3) is 0.280. The number of carbonyl (C=O) groups is 3. The number of hydrogen-bond donors (Lipinski definition) is 2. The Balaban J connectivity index is 1.44. The average Bonchev–Trinajstić information content (AvgIpc) is 3.32. The van der Waals surface area contributed by atoms with Gasteiger partial charge >= 0.3 is 0 Å². The quantitative estimate of drug-likeness (QED) is 0.516. The number of benzene rings is 1. The second kappa shape index (κ2) is 11.4. The second-order valence-electron chi connectivity index (χ2n) is 7.87. The van der Waals surface area contributed by atoms with E-state index in [-0.39, 0.29) is 25.0 Å². The van der Waals surface area contributed by atoms with Crippen molar-refractivity contribution in [3.8, 4) is 16.2 Å². The van der Waals surface area contributed by atoms with E-state index in [0.29, 0.717) is 16.3 Å². The minimum Gasteiger partial charge on any atom is -0.482 e. The molecular formula is C25H26N4O4S. The van der Waals surface area contributed by atoms with Crippen LogP contribution in [0.4, 0.5) is 5.69 Å². The van der Waals surface area contributed by atoms with Crippen molar-refractivity contribution >= 4 is 34.7 Å². The number of nitrogens with one attached hydrogen (secondary N) is 2. The Bertz CT molecular complexity index is 1130. The van der Waals surface area contributed by atoms with Gasteiger partial charge in [-0.3, -0.25) is 19.4 Å². The predicted octanol–water partition coefficient (Wildman–Crippen LogP) is 3.57. The number of anilines is 1. The lowest BCUT2D eigenvalue weighted by Gasteiger charge is -2.26. The van der Waals surface area contributed by atoms with Crippen LogP contribution in [0.3, 0.4) is 0 Å². The molecule has 1 aliphatic rings. The van der Waals surface area contributed by atoms with Crippen molar-refractivity contribution in [3.05, 3.63) is 65.8 Å². The van der Waals surface area contributed by atoms with Crippen molar-refractivity contribution in [2.75, 3.05) is 31.6 Å². The molecule has 2 N–H and O–H groups in total. The standard InChI is InChI=1S/C25H26N4O4S/c30-22(28-19-10-7-11-26-15-19)16-27-25(32)24-20(14-21(34-24)18-8-3-1-4-9-18)33-17-23(31)29-12-5-2-6-13-29/h1,3-4,7-11,14-15H,2,5-6,12-13,16-17H2,(H,27,32)(H,28,30). The average molecular weight is 479 g/mol. The minimum atomic E-state index is -0.436. The molecule has 0 bridgehead atoms. The number of amides is 3. The molecule has 3 amide bonds. The molecule has 0 aliphatic carbocycles. The molecule has 34 heavy (non-hydrogen) atoms. The van der Waals surface area contributed by atoms with Gasteiger partial charge in [-0.25, -0.2) is 0 Å². The molecule has 8 nitrogen and oxygen atoms in total. The van der Waals surface area contributed by atoms with Crippen molar-refractivity contribution in [1.29, 1.82) is 0 Å². The molecular weight excluding hydrogens is 452 g/mol. The second-order valence-corrected chi connectivity index (χ2v) is 8.92. The number of ether oxygens (including phenoxy) is 1. The Labute approximate surface area is 202 Å². The van der Waals surface area contributed by atoms with Crippen LogP contribution in [0, 0.1) is 0 Å². The van der Waals surface area contributed by atoms with E-state index in [1.807, 2.05) is 30.3 Å². The van der Waals surface area contributed by atoms with Gasteiger partial charge in [0.05, 0.1) is 18.4 Å². The summed E-state index contributed by atoms with van der Waals surface area (Å²) in [6.45, 7) is 1.13. The summed E-state index contributed by atoms with van der Waals surface area (Å²) in [5.74, 6) is -0.563. The van der Waals surface area contributed by atoms with Crippen LogP contribution in [0.25, 0.3) is 10.4 Å². The van der Waals surface area contributed by atoms with Gasteiger partial charge in [-0.15, -0.1) is 11.3 Å². The summed E-state index contributed by atoms with van der Waals surface area (Å²) < 4.78 is 5.83. The molecule has 176 valence electrons. The Kier molecular flexibility index (Phi) is 7.87. The lowest BCUT2D eigenvalue weighted by molar-refractivity contribution is -0.134. The van der Waals surface area contributed by atoms with Gasteiger partial charge in [-0.2, -0.15) is 0 Å². The molecule has 1 aromatic carbocycles. The number of rotatable bonds is 8. The first-order valence-corrected chi connectivity index (χ1v) is 12.0. The van der Waals surface area contributed by atoms with E-state index in [0.717, 1.165) is 42.8 Å². The van der Waals surface area contributed by atoms with Gasteiger partial charge in [0.15, 0.2) is 6.61 Å². The highest BCUT2D eigenvalue weighted by atomic mass is 32.1. The van der Waals surface area contributed by atoms with Crippen molar-refractivity contribution in [1.82, 2.24) is 15.2 Å². The zero-order valence-electron chi connectivity index (χ0n) is 18.7. The van der Waals surface area contributed by atoms with E-state index in [4.69, 9.17) is 4.74 Å². The lowest BCUT2D eigenvalue weighted by atomic mass is 10.1. The monoisotopic (exact) mass is 478 g/mol. The first kappa shape index (κ1) is 23.4. The van der Waals surface area contributed by atoms with Gasteiger partial charge in [0, 0.05) is 24.2 Å². The van der Waals surface area contributed by atoms with E-state index in [9.17, 15) is 14.4 Å². The maximum Gasteiger partial charge on any atom is 0.265 e. The molecule has 3 heterocycles. The summed E-state index contributed by atoms with van der Waals surface area (Å²) in [5.41, 5.74) is 1.48. The Morgan fingerprint density at radius 2 is 1.82 bits per heavy atom. The van der Waals surface area contributed by atoms with Crippen molar-refractivity contribution in [2.45, 2.75) is 19.3 Å². The number of carbonyl (C=O) groups excluding carboxylic acids is 3. The number of likely N-dealkylation sites (tertiary alicyclic amines) is 1. The molecule has 9 heteroatoms. The summed E-state index contributed by atoms with van der Waals surface area (Å²) in [4.78, 5) is 44.6. The number of aromatic nitrogens is 1. The molecule has 1 fully saturated rings. The molecule has 0 radical (unpaired) electrons. The van der Waals surface area contributed by atoms with E-state index in [2.05, 4.69) is 15.6 Å². The SMILES string of the molecule is O=C(CNC(=O)c1sc(-c2ccccc2)cc1OCC(=O)N1CCCCC1)Nc1cccnc1. The third-order valence-electron chi connectivity index (χ3n) is 5.38. The highest BCUT2D eigenvalue weighted by Crippen LogP contribution is 2.36. The largest absolute Gasteiger partial charge is 0.482 e. The fourth-order valence-corrected chi connectivity index (χ4v) is 4.66. The third-order valence-corrected chi connectivity index (χ3v) is 6.54. The normalized spacial score (nSPS) is 13.2. The summed E-state index contributed by atoms with van der Waals surface area (Å²) in [5, 5.41) is 5.32. The fourth-order valence-electron chi connectivity index (χ4n) is 3.64. The highest BCUT2D eigenvalue weighted by Gasteiger charge is 2.22. The van der Waals surface area contributed by atoms with E-state index >= 15 is 0 Å². The van der Waals surface area contributed by atoms with Crippen molar-refractivity contribution < 1.29 is 19.1 Å². The van der Waals surface area contributed by atoms with Crippen LogP contribution in [0.15, 0.2) is 60.9 Å². The maximum atomic E-state index is 12.9. The summed E-state index contributed by atoms with van der Waals surface area (Å²) in [7, 11) is 0. The van der Waals surface area contributed by atoms with Crippen LogP contribution in [0.1, 0.15) is 28.9 Å². The molecule has 1 saturated heterocycles. The Morgan fingerprint density at radius 1 is 1.03 bits per heavy atom. The molecule has 2 aromatic heterocycles. The Hall–Kier alpha value is -3.72. The van der Waals surface area contributed by atoms with E-state index < -0.39 is 5.91 Å². The highest BCUT2D eigenvalue weighted by molar-refractivity contribution is 7.17. The molecule has 1 aliphatic heterocycles. The van der Waals surface area contributed by atoms with Gasteiger partial charge in [-0.1, -0.05) is 30.3 Å². The van der Waals surface area contributed by atoms with Gasteiger partial charge in [0.2, 0.25) is 5.91 Å². The van der Waals surface area contributed by atoms with Crippen molar-refractivity contribution in [3.63, 3.8) is 0 Å². The van der Waals surface area contributed by atoms with Gasteiger partial charge in [-0.05, 0) is 43.0 Å². The number of piperidine rings is 1. The van der Waals surface area contributed by atoms with Crippen LogP contribution < -0.4 is 15.4 Å². The third kappa shape index (κ3) is 6.20. The maximum absolute atomic E-state index is 12.9. The first-order valence-electron chi connectivity index (χ1n) is 11.2. The van der Waals surface area contributed by atoms with Gasteiger partial charge in [0.25, 0.3) is 11.8 Å². The lowest BCUT2D eigenvalue weighted by Crippen LogP contribution is -2.38. The molecule has 0 spiro atoms. The van der Waals surface area contributed by atoms with Crippen LogP contribution in [0.5, 0.6) is 5.75 Å². The number of nitrogens with zero attached hydrogens (tertiary/aromatic N) is 2. The first-order chi connectivity index (χ1) is 16.6. The molecule has 0 unspecified atom stereocenters. The zero-order valence-corrected chi connectivity index (χ0v) is 19.5. The minimum absolute atomic E-state index is 0.0885. The predicted molar refractivity (Wildman–Crippen MR) is 131 cm³/mol. The van der Waals surface area contributed by atoms with E-state index in [1.165, 1.54) is 17.5 Å². The summed E-state index contributed by atoms with van der Waals surface area (Å²) >= 11 is 1.26. The van der Waals surface area contributed by atoms with Crippen molar-refractivity contribution in [2.24, 2.45) is 0 Å². The van der Waals surface area contributed by atoms with Crippen LogP contribution in [-0.4, -0.2) is 53.8 Å². The molecule has 0 atom stereocenters. The molecule has 4 rings (SSSR count). The van der Waals surface area contributed by atoms with Crippen LogP contribution in [-0.2, 0) is 9.59 Å². The number of thiophene rings is 1. The van der Waals surface area contributed by atoms with E-state index in [1.54, 1.807) is 29.3 Å². The summed E-state index contributed by atoms with van der Waals surface area (Å²) in [6, 6.07) is 14.8. The summed E-state index contributed by atoms with van der Waals surface area (Å²) in [6.07, 6.45) is 6.26. The van der Waals surface area contributed by atoms with Crippen LogP contribution >= 0.6 is 11.3 Å². The molecule has 0 saturated carbocycles. The van der Waals surface area contributed by atoms with Crippen LogP contribution in [0.2, 0.25) is 0 Å².